The highest BCUT2D eigenvalue weighted by Crippen LogP contribution is 2.53. The van der Waals surface area contributed by atoms with E-state index in [1.807, 2.05) is 6.26 Å². The molecule has 6 heteroatoms. The van der Waals surface area contributed by atoms with E-state index in [1.54, 1.807) is 11.8 Å². The fourth-order valence-electron chi connectivity index (χ4n) is 3.92. The van der Waals surface area contributed by atoms with Gasteiger partial charge >= 0.3 is 0 Å². The minimum Gasteiger partial charge on any atom is -0.378 e. The van der Waals surface area contributed by atoms with E-state index in [9.17, 15) is 4.79 Å². The summed E-state index contributed by atoms with van der Waals surface area (Å²) in [6.07, 6.45) is 10.3. The molecule has 0 radical (unpaired) electrons. The number of halogens is 1. The molecule has 0 aromatic heterocycles. The molecule has 1 spiro atoms. The maximum atomic E-state index is 12.3. The fourth-order valence-corrected chi connectivity index (χ4v) is 4.41. The van der Waals surface area contributed by atoms with Gasteiger partial charge in [0.25, 0.3) is 0 Å². The quantitative estimate of drug-likeness (QED) is 0.741. The fraction of sp³-hybridized carbons (Fsp3) is 0.938. The number of hydrogen-bond acceptors (Lipinski definition) is 4. The van der Waals surface area contributed by atoms with Gasteiger partial charge in [-0.25, -0.2) is 0 Å². The van der Waals surface area contributed by atoms with Crippen LogP contribution in [0.5, 0.6) is 0 Å². The Morgan fingerprint density at radius 2 is 2.09 bits per heavy atom. The Kier molecular flexibility index (Phi) is 8.54. The summed E-state index contributed by atoms with van der Waals surface area (Å²) in [7, 11) is 0. The Morgan fingerprint density at radius 1 is 1.41 bits per heavy atom. The lowest BCUT2D eigenvalue weighted by Gasteiger charge is -2.57. The monoisotopic (exact) mass is 350 g/mol. The lowest BCUT2D eigenvalue weighted by molar-refractivity contribution is -0.157. The third kappa shape index (κ3) is 4.31. The third-order valence-corrected chi connectivity index (χ3v) is 5.87. The maximum absolute atomic E-state index is 12.3. The van der Waals surface area contributed by atoms with E-state index < -0.39 is 0 Å². The Labute approximate surface area is 145 Å². The molecular weight excluding hydrogens is 320 g/mol. The number of nitrogens with two attached hydrogens (primary N) is 1. The Balaban J connectivity index is 0.00000242. The van der Waals surface area contributed by atoms with Gasteiger partial charge in [0.15, 0.2) is 0 Å². The first kappa shape index (κ1) is 20.1. The molecule has 4 nitrogen and oxygen atoms in total. The predicted molar refractivity (Wildman–Crippen MR) is 95.7 cm³/mol. The van der Waals surface area contributed by atoms with Gasteiger partial charge in [0.05, 0.1) is 12.1 Å². The molecule has 2 aliphatic rings. The summed E-state index contributed by atoms with van der Waals surface area (Å²) < 4.78 is 5.92. The highest BCUT2D eigenvalue weighted by atomic mass is 35.5. The van der Waals surface area contributed by atoms with Crippen LogP contribution in [-0.2, 0) is 9.53 Å². The minimum absolute atomic E-state index is 0. The molecule has 0 aromatic rings. The van der Waals surface area contributed by atoms with Gasteiger partial charge in [0, 0.05) is 18.1 Å². The summed E-state index contributed by atoms with van der Waals surface area (Å²) >= 11 is 1.73. The van der Waals surface area contributed by atoms with Crippen LogP contribution in [0.1, 0.15) is 51.9 Å². The van der Waals surface area contributed by atoms with Crippen LogP contribution in [0, 0.1) is 5.41 Å². The number of carbonyl (C=O) groups excluding carboxylic acids is 1. The SMILES string of the molecule is CCOC1CC(NC(=O)[C@@H](N)CCSC)C12CCCCC2.Cl. The highest BCUT2D eigenvalue weighted by Gasteiger charge is 2.56. The summed E-state index contributed by atoms with van der Waals surface area (Å²) in [5, 5.41) is 3.22. The van der Waals surface area contributed by atoms with Gasteiger partial charge in [-0.3, -0.25) is 4.79 Å². The minimum atomic E-state index is -0.371. The van der Waals surface area contributed by atoms with Gasteiger partial charge < -0.3 is 15.8 Å². The van der Waals surface area contributed by atoms with E-state index >= 15 is 0 Å². The molecular formula is C16H31ClN2O2S. The summed E-state index contributed by atoms with van der Waals surface area (Å²) in [6.45, 7) is 2.82. The molecule has 3 N–H and O–H groups in total. The molecule has 0 saturated heterocycles. The van der Waals surface area contributed by atoms with Gasteiger partial charge in [-0.2, -0.15) is 11.8 Å². The van der Waals surface area contributed by atoms with Crippen LogP contribution in [0.2, 0.25) is 0 Å². The third-order valence-electron chi connectivity index (χ3n) is 5.22. The standard InChI is InChI=1S/C16H30N2O2S.ClH/c1-3-20-14-11-13(16(14)8-5-4-6-9-16)18-15(19)12(17)7-10-21-2;/h12-14H,3-11,17H2,1-2H3,(H,18,19);1H/t12-,13?,14?;/m0./s1. The van der Waals surface area contributed by atoms with Crippen molar-refractivity contribution in [3.63, 3.8) is 0 Å². The van der Waals surface area contributed by atoms with Crippen molar-refractivity contribution >= 4 is 30.1 Å². The van der Waals surface area contributed by atoms with Crippen LogP contribution in [0.4, 0.5) is 0 Å². The van der Waals surface area contributed by atoms with Crippen molar-refractivity contribution in [3.8, 4) is 0 Å². The molecule has 2 rings (SSSR count). The van der Waals surface area contributed by atoms with E-state index in [0.29, 0.717) is 6.10 Å². The van der Waals surface area contributed by atoms with Crippen molar-refractivity contribution < 1.29 is 9.53 Å². The number of thioether (sulfide) groups is 1. The molecule has 130 valence electrons. The molecule has 2 aliphatic carbocycles. The first-order valence-corrected chi connectivity index (χ1v) is 9.70. The van der Waals surface area contributed by atoms with Crippen LogP contribution >= 0.6 is 24.2 Å². The van der Waals surface area contributed by atoms with Crippen LogP contribution < -0.4 is 11.1 Å². The first-order valence-electron chi connectivity index (χ1n) is 8.30. The zero-order chi connectivity index (χ0) is 15.3. The summed E-state index contributed by atoms with van der Waals surface area (Å²) in [6, 6.07) is -0.105. The number of nitrogens with one attached hydrogen (secondary N) is 1. The van der Waals surface area contributed by atoms with Crippen LogP contribution in [0.25, 0.3) is 0 Å². The Morgan fingerprint density at radius 3 is 2.68 bits per heavy atom. The van der Waals surface area contributed by atoms with Crippen LogP contribution in [0.15, 0.2) is 0 Å². The lowest BCUT2D eigenvalue weighted by atomic mass is 9.55. The van der Waals surface area contributed by atoms with Gasteiger partial charge in [0.1, 0.15) is 0 Å². The second-order valence-corrected chi connectivity index (χ2v) is 7.41. The second-order valence-electron chi connectivity index (χ2n) is 6.42. The molecule has 0 heterocycles. The zero-order valence-electron chi connectivity index (χ0n) is 13.8. The van der Waals surface area contributed by atoms with Crippen molar-refractivity contribution in [3.05, 3.63) is 0 Å². The molecule has 2 saturated carbocycles. The van der Waals surface area contributed by atoms with Crippen molar-refractivity contribution in [2.24, 2.45) is 11.1 Å². The van der Waals surface area contributed by atoms with Gasteiger partial charge in [-0.05, 0) is 44.6 Å². The number of rotatable bonds is 7. The molecule has 3 atom stereocenters. The van der Waals surface area contributed by atoms with Crippen molar-refractivity contribution in [1.82, 2.24) is 5.32 Å². The van der Waals surface area contributed by atoms with E-state index in [0.717, 1.165) is 25.2 Å². The second kappa shape index (κ2) is 9.36. The summed E-state index contributed by atoms with van der Waals surface area (Å²) in [5.41, 5.74) is 6.17. The summed E-state index contributed by atoms with van der Waals surface area (Å²) in [5.74, 6) is 0.959. The maximum Gasteiger partial charge on any atom is 0.237 e. The van der Waals surface area contributed by atoms with E-state index in [2.05, 4.69) is 12.2 Å². The number of carbonyl (C=O) groups is 1. The summed E-state index contributed by atoms with van der Waals surface area (Å²) in [4.78, 5) is 12.3. The van der Waals surface area contributed by atoms with Gasteiger partial charge in [-0.1, -0.05) is 19.3 Å². The molecule has 0 bridgehead atoms. The Bertz CT molecular complexity index is 351. The first-order chi connectivity index (χ1) is 10.1. The van der Waals surface area contributed by atoms with E-state index in [4.69, 9.17) is 10.5 Å². The number of hydrogen-bond donors (Lipinski definition) is 2. The number of amides is 1. The topological polar surface area (TPSA) is 64.3 Å². The average molecular weight is 351 g/mol. The number of ether oxygens (including phenoxy) is 1. The molecule has 0 aliphatic heterocycles. The lowest BCUT2D eigenvalue weighted by Crippen LogP contribution is -2.66. The molecule has 2 fully saturated rings. The van der Waals surface area contributed by atoms with Gasteiger partial charge in [-0.15, -0.1) is 12.4 Å². The normalized spacial score (nSPS) is 27.6. The molecule has 2 unspecified atom stereocenters. The van der Waals surface area contributed by atoms with Crippen molar-refractivity contribution in [1.29, 1.82) is 0 Å². The van der Waals surface area contributed by atoms with E-state index in [1.165, 1.54) is 32.1 Å². The molecule has 22 heavy (non-hydrogen) atoms. The van der Waals surface area contributed by atoms with Crippen LogP contribution in [-0.4, -0.2) is 42.7 Å². The average Bonchev–Trinajstić information content (AvgIpc) is 2.52. The van der Waals surface area contributed by atoms with Crippen LogP contribution in [0.3, 0.4) is 0 Å². The zero-order valence-corrected chi connectivity index (χ0v) is 15.4. The van der Waals surface area contributed by atoms with Crippen molar-refractivity contribution in [2.75, 3.05) is 18.6 Å². The predicted octanol–water partition coefficient (Wildman–Crippen LogP) is 2.73. The smallest absolute Gasteiger partial charge is 0.237 e. The molecule has 1 amide bonds. The van der Waals surface area contributed by atoms with E-state index in [-0.39, 0.29) is 35.8 Å². The Hall–Kier alpha value is 0.0300. The largest absolute Gasteiger partial charge is 0.378 e. The highest BCUT2D eigenvalue weighted by molar-refractivity contribution is 7.98. The molecule has 0 aromatic carbocycles. The van der Waals surface area contributed by atoms with Crippen molar-refractivity contribution in [2.45, 2.75) is 70.1 Å². The van der Waals surface area contributed by atoms with Gasteiger partial charge in [0.2, 0.25) is 5.91 Å².